The molecule has 0 N–H and O–H groups in total. The molecule has 0 unspecified atom stereocenters. The van der Waals surface area contributed by atoms with Crippen LogP contribution < -0.4 is 0 Å². The van der Waals surface area contributed by atoms with E-state index in [0.29, 0.717) is 17.6 Å². The molecule has 0 aliphatic carbocycles. The minimum absolute atomic E-state index is 0.113. The van der Waals surface area contributed by atoms with E-state index in [4.69, 9.17) is 0 Å². The topological polar surface area (TPSA) is 55.4 Å². The van der Waals surface area contributed by atoms with Gasteiger partial charge in [0.05, 0.1) is 11.8 Å². The zero-order valence-corrected chi connectivity index (χ0v) is 13.2. The fourth-order valence-electron chi connectivity index (χ4n) is 2.32. The van der Waals surface area contributed by atoms with Crippen molar-refractivity contribution in [2.45, 2.75) is 19.9 Å². The van der Waals surface area contributed by atoms with Crippen molar-refractivity contribution in [2.24, 2.45) is 0 Å². The average molecular weight is 297 g/mol. The summed E-state index contributed by atoms with van der Waals surface area (Å²) in [6.07, 6.45) is 5.65. The monoisotopic (exact) mass is 297 g/mol. The molecule has 0 atom stereocenters. The van der Waals surface area contributed by atoms with Gasteiger partial charge in [0, 0.05) is 32.5 Å². The van der Waals surface area contributed by atoms with Crippen molar-refractivity contribution < 1.29 is 4.79 Å². The van der Waals surface area contributed by atoms with E-state index in [2.05, 4.69) is 23.8 Å². The van der Waals surface area contributed by atoms with Gasteiger partial charge in [-0.25, -0.2) is 9.97 Å². The van der Waals surface area contributed by atoms with Crippen LogP contribution in [0, 0.1) is 0 Å². The van der Waals surface area contributed by atoms with Gasteiger partial charge < -0.3 is 9.47 Å². The van der Waals surface area contributed by atoms with Gasteiger partial charge in [0.2, 0.25) is 0 Å². The second-order valence-electron chi connectivity index (χ2n) is 5.74. The maximum absolute atomic E-state index is 12.3. The van der Waals surface area contributed by atoms with Crippen LogP contribution in [0.2, 0.25) is 0 Å². The number of rotatable bonds is 3. The zero-order valence-electron chi connectivity index (χ0n) is 13.2. The summed E-state index contributed by atoms with van der Waals surface area (Å²) in [5.41, 5.74) is 1.99. The highest BCUT2D eigenvalue weighted by molar-refractivity contribution is 5.99. The van der Waals surface area contributed by atoms with Crippen molar-refractivity contribution >= 4 is 11.4 Å². The van der Waals surface area contributed by atoms with E-state index in [1.165, 1.54) is 4.90 Å². The minimum Gasteiger partial charge on any atom is -0.343 e. The van der Waals surface area contributed by atoms with Gasteiger partial charge in [-0.15, -0.1) is 0 Å². The molecular formula is C16H19N5O. The summed E-state index contributed by atoms with van der Waals surface area (Å²) in [6, 6.07) is 6.05. The Kier molecular flexibility index (Phi) is 3.44. The Balaban J connectivity index is 2.19. The summed E-state index contributed by atoms with van der Waals surface area (Å²) in [7, 11) is 3.45. The lowest BCUT2D eigenvalue weighted by atomic mass is 10.3. The van der Waals surface area contributed by atoms with E-state index in [0.717, 1.165) is 11.2 Å². The number of pyridine rings is 1. The highest BCUT2D eigenvalue weighted by Crippen LogP contribution is 2.23. The smallest absolute Gasteiger partial charge is 0.274 e. The Morgan fingerprint density at radius 1 is 1.27 bits per heavy atom. The first-order valence-electron chi connectivity index (χ1n) is 7.21. The Hall–Kier alpha value is -2.63. The van der Waals surface area contributed by atoms with Crippen molar-refractivity contribution in [3.05, 3.63) is 42.6 Å². The SMILES string of the molecule is CC(C)n1cnc(-c2nc(C(=O)N(C)C)c3ccccn23)c1. The van der Waals surface area contributed by atoms with Crippen LogP contribution in [0.1, 0.15) is 30.4 Å². The summed E-state index contributed by atoms with van der Waals surface area (Å²) in [4.78, 5) is 22.9. The molecule has 3 heterocycles. The number of aromatic nitrogens is 4. The highest BCUT2D eigenvalue weighted by Gasteiger charge is 2.20. The molecule has 1 amide bonds. The Morgan fingerprint density at radius 2 is 2.05 bits per heavy atom. The molecule has 6 nitrogen and oxygen atoms in total. The first-order valence-corrected chi connectivity index (χ1v) is 7.21. The number of amides is 1. The summed E-state index contributed by atoms with van der Waals surface area (Å²) in [5.74, 6) is 0.568. The van der Waals surface area contributed by atoms with Crippen molar-refractivity contribution in [2.75, 3.05) is 14.1 Å². The molecule has 0 radical (unpaired) electrons. The lowest BCUT2D eigenvalue weighted by Crippen LogP contribution is -2.22. The molecule has 0 aliphatic rings. The fourth-order valence-corrected chi connectivity index (χ4v) is 2.32. The molecule has 0 bridgehead atoms. The Labute approximate surface area is 129 Å². The molecule has 0 fully saturated rings. The number of nitrogens with zero attached hydrogens (tertiary/aromatic N) is 5. The Bertz CT molecular complexity index is 828. The molecule has 0 saturated carbocycles. The number of carbonyl (C=O) groups is 1. The summed E-state index contributed by atoms with van der Waals surface area (Å²) < 4.78 is 3.93. The van der Waals surface area contributed by atoms with Crippen molar-refractivity contribution in [1.29, 1.82) is 0 Å². The molecule has 0 aromatic carbocycles. The number of fused-ring (bicyclic) bond motifs is 1. The van der Waals surface area contributed by atoms with Crippen LogP contribution >= 0.6 is 0 Å². The Morgan fingerprint density at radius 3 is 2.68 bits per heavy atom. The first kappa shape index (κ1) is 14.3. The van der Waals surface area contributed by atoms with Crippen LogP contribution in [-0.2, 0) is 0 Å². The van der Waals surface area contributed by atoms with Crippen molar-refractivity contribution in [1.82, 2.24) is 23.8 Å². The molecule has 3 aromatic heterocycles. The maximum Gasteiger partial charge on any atom is 0.274 e. The van der Waals surface area contributed by atoms with E-state index in [-0.39, 0.29) is 5.91 Å². The number of hydrogen-bond acceptors (Lipinski definition) is 3. The normalized spacial score (nSPS) is 11.3. The van der Waals surface area contributed by atoms with Gasteiger partial charge in [-0.3, -0.25) is 9.20 Å². The highest BCUT2D eigenvalue weighted by atomic mass is 16.2. The molecule has 114 valence electrons. The van der Waals surface area contributed by atoms with Gasteiger partial charge in [0.1, 0.15) is 5.69 Å². The number of hydrogen-bond donors (Lipinski definition) is 0. The quantitative estimate of drug-likeness (QED) is 0.746. The standard InChI is InChI=1S/C16H19N5O/c1-11(2)20-9-12(17-10-20)15-18-14(16(22)19(3)4)13-7-5-6-8-21(13)15/h5-11H,1-4H3. The molecule has 0 saturated heterocycles. The van der Waals surface area contributed by atoms with E-state index in [9.17, 15) is 4.79 Å². The molecule has 0 spiro atoms. The number of imidazole rings is 2. The van der Waals surface area contributed by atoms with Gasteiger partial charge in [-0.05, 0) is 26.0 Å². The predicted molar refractivity (Wildman–Crippen MR) is 84.8 cm³/mol. The fraction of sp³-hybridized carbons (Fsp3) is 0.312. The first-order chi connectivity index (χ1) is 10.5. The second kappa shape index (κ2) is 5.29. The van der Waals surface area contributed by atoms with Gasteiger partial charge in [0.15, 0.2) is 11.5 Å². The van der Waals surface area contributed by atoms with Crippen LogP contribution in [0.3, 0.4) is 0 Å². The molecular weight excluding hydrogens is 278 g/mol. The van der Waals surface area contributed by atoms with Gasteiger partial charge in [-0.2, -0.15) is 0 Å². The third-order valence-corrected chi connectivity index (χ3v) is 3.58. The largest absolute Gasteiger partial charge is 0.343 e. The van der Waals surface area contributed by atoms with Gasteiger partial charge in [-0.1, -0.05) is 6.07 Å². The van der Waals surface area contributed by atoms with Crippen LogP contribution in [0.4, 0.5) is 0 Å². The van der Waals surface area contributed by atoms with E-state index in [1.54, 1.807) is 20.4 Å². The summed E-state index contributed by atoms with van der Waals surface area (Å²) in [6.45, 7) is 4.19. The van der Waals surface area contributed by atoms with E-state index < -0.39 is 0 Å². The second-order valence-corrected chi connectivity index (χ2v) is 5.74. The molecule has 0 aliphatic heterocycles. The van der Waals surface area contributed by atoms with Crippen LogP contribution in [0.25, 0.3) is 17.0 Å². The lowest BCUT2D eigenvalue weighted by Gasteiger charge is -2.07. The van der Waals surface area contributed by atoms with Crippen molar-refractivity contribution in [3.8, 4) is 11.5 Å². The van der Waals surface area contributed by atoms with Crippen LogP contribution in [0.5, 0.6) is 0 Å². The van der Waals surface area contributed by atoms with Crippen LogP contribution in [-0.4, -0.2) is 43.8 Å². The van der Waals surface area contributed by atoms with Gasteiger partial charge >= 0.3 is 0 Å². The zero-order chi connectivity index (χ0) is 15.9. The van der Waals surface area contributed by atoms with E-state index >= 15 is 0 Å². The summed E-state index contributed by atoms with van der Waals surface area (Å²) in [5, 5.41) is 0. The van der Waals surface area contributed by atoms with Crippen LogP contribution in [0.15, 0.2) is 36.9 Å². The predicted octanol–water partition coefficient (Wildman–Crippen LogP) is 2.48. The lowest BCUT2D eigenvalue weighted by molar-refractivity contribution is 0.0824. The number of carbonyl (C=O) groups excluding carboxylic acids is 1. The third kappa shape index (κ3) is 2.26. The van der Waals surface area contributed by atoms with Gasteiger partial charge in [0.25, 0.3) is 5.91 Å². The summed E-state index contributed by atoms with van der Waals surface area (Å²) >= 11 is 0. The van der Waals surface area contributed by atoms with E-state index in [1.807, 2.05) is 39.6 Å². The molecule has 22 heavy (non-hydrogen) atoms. The maximum atomic E-state index is 12.3. The molecule has 3 aromatic rings. The molecule has 6 heteroatoms. The minimum atomic E-state index is -0.113. The molecule has 3 rings (SSSR count). The third-order valence-electron chi connectivity index (χ3n) is 3.58. The average Bonchev–Trinajstić information content (AvgIpc) is 3.11. The van der Waals surface area contributed by atoms with Crippen molar-refractivity contribution in [3.63, 3.8) is 0 Å².